The van der Waals surface area contributed by atoms with Crippen molar-refractivity contribution in [2.24, 2.45) is 5.92 Å². The highest BCUT2D eigenvalue weighted by Gasteiger charge is 2.28. The van der Waals surface area contributed by atoms with Crippen LogP contribution in [0.25, 0.3) is 0 Å². The number of carbonyl (C=O) groups is 2. The fourth-order valence-corrected chi connectivity index (χ4v) is 3.90. The second-order valence-corrected chi connectivity index (χ2v) is 6.94. The number of ether oxygens (including phenoxy) is 1. The lowest BCUT2D eigenvalue weighted by atomic mass is 9.91. The molecule has 0 bridgehead atoms. The number of nitrogens with one attached hydrogen (secondary N) is 2. The van der Waals surface area contributed by atoms with Crippen LogP contribution in [0.1, 0.15) is 29.5 Å². The summed E-state index contributed by atoms with van der Waals surface area (Å²) in [7, 11) is 0. The molecule has 1 aromatic carbocycles. The summed E-state index contributed by atoms with van der Waals surface area (Å²) in [5.41, 5.74) is 1.93. The molecule has 0 fully saturated rings. The minimum Gasteiger partial charge on any atom is -0.466 e. The topological polar surface area (TPSA) is 104 Å². The van der Waals surface area contributed by atoms with E-state index in [-0.39, 0.29) is 11.9 Å². The van der Waals surface area contributed by atoms with Crippen LogP contribution in [-0.2, 0) is 22.4 Å². The lowest BCUT2D eigenvalue weighted by Crippen LogP contribution is -2.24. The van der Waals surface area contributed by atoms with Gasteiger partial charge in [-0.25, -0.2) is 9.78 Å². The molecule has 2 N–H and O–H groups in total. The zero-order valence-corrected chi connectivity index (χ0v) is 15.1. The Balaban J connectivity index is 1.62. The van der Waals surface area contributed by atoms with Gasteiger partial charge in [0.05, 0.1) is 29.9 Å². The summed E-state index contributed by atoms with van der Waals surface area (Å²) in [6.07, 6.45) is 2.00. The van der Waals surface area contributed by atoms with Crippen LogP contribution in [0.2, 0.25) is 0 Å². The van der Waals surface area contributed by atoms with Crippen LogP contribution in [0.3, 0.4) is 0 Å². The number of rotatable bonds is 4. The van der Waals surface area contributed by atoms with Crippen molar-refractivity contribution < 1.29 is 14.3 Å². The van der Waals surface area contributed by atoms with Crippen molar-refractivity contribution in [1.82, 2.24) is 4.98 Å². The molecule has 0 saturated carbocycles. The van der Waals surface area contributed by atoms with Gasteiger partial charge in [-0.15, -0.1) is 11.3 Å². The average Bonchev–Trinajstić information content (AvgIpc) is 3.03. The maximum atomic E-state index is 12.1. The molecule has 8 heteroatoms. The Bertz CT molecular complexity index is 872. The summed E-state index contributed by atoms with van der Waals surface area (Å²) >= 11 is 1.38. The molecular formula is C18H18N4O3S. The lowest BCUT2D eigenvalue weighted by molar-refractivity contribution is -0.148. The van der Waals surface area contributed by atoms with Gasteiger partial charge >= 0.3 is 12.0 Å². The van der Waals surface area contributed by atoms with Gasteiger partial charge in [-0.3, -0.25) is 10.1 Å². The number of thiazole rings is 1. The number of anilines is 2. The zero-order chi connectivity index (χ0) is 18.5. The first kappa shape index (κ1) is 17.9. The predicted molar refractivity (Wildman–Crippen MR) is 98.1 cm³/mol. The normalized spacial score (nSPS) is 15.5. The molecule has 2 amide bonds. The Morgan fingerprint density at radius 3 is 3.04 bits per heavy atom. The molecule has 0 saturated heterocycles. The van der Waals surface area contributed by atoms with Gasteiger partial charge in [0.25, 0.3) is 0 Å². The van der Waals surface area contributed by atoms with E-state index in [9.17, 15) is 9.59 Å². The number of aromatic nitrogens is 1. The van der Waals surface area contributed by atoms with Crippen LogP contribution >= 0.6 is 11.3 Å². The summed E-state index contributed by atoms with van der Waals surface area (Å²) in [6, 6.07) is 8.27. The van der Waals surface area contributed by atoms with Crippen LogP contribution in [0.4, 0.5) is 15.6 Å². The van der Waals surface area contributed by atoms with E-state index >= 15 is 0 Å². The van der Waals surface area contributed by atoms with E-state index in [2.05, 4.69) is 15.6 Å². The fourth-order valence-electron chi connectivity index (χ4n) is 2.82. The molecule has 2 aromatic rings. The van der Waals surface area contributed by atoms with Crippen LogP contribution in [0.15, 0.2) is 24.3 Å². The minimum absolute atomic E-state index is 0.140. The average molecular weight is 370 g/mol. The molecule has 1 heterocycles. The van der Waals surface area contributed by atoms with Gasteiger partial charge in [0, 0.05) is 10.6 Å². The molecular weight excluding hydrogens is 352 g/mol. The van der Waals surface area contributed by atoms with Crippen molar-refractivity contribution in [3.63, 3.8) is 0 Å². The largest absolute Gasteiger partial charge is 0.466 e. The monoisotopic (exact) mass is 370 g/mol. The Kier molecular flexibility index (Phi) is 5.49. The fraction of sp³-hybridized carbons (Fsp3) is 0.333. The SMILES string of the molecule is CCOC(=O)C1CCc2nc(NC(=O)Nc3cccc(C#N)c3)sc2C1. The Labute approximate surface area is 155 Å². The number of aryl methyl sites for hydroxylation is 1. The highest BCUT2D eigenvalue weighted by Crippen LogP contribution is 2.33. The van der Waals surface area contributed by atoms with Crippen LogP contribution < -0.4 is 10.6 Å². The van der Waals surface area contributed by atoms with Gasteiger partial charge in [0.1, 0.15) is 0 Å². The lowest BCUT2D eigenvalue weighted by Gasteiger charge is -2.18. The number of nitriles is 1. The van der Waals surface area contributed by atoms with E-state index in [4.69, 9.17) is 10.00 Å². The summed E-state index contributed by atoms with van der Waals surface area (Å²) in [5.74, 6) is -0.311. The van der Waals surface area contributed by atoms with Crippen molar-refractivity contribution in [1.29, 1.82) is 5.26 Å². The van der Waals surface area contributed by atoms with Crippen molar-refractivity contribution in [3.8, 4) is 6.07 Å². The molecule has 1 aromatic heterocycles. The number of carbonyl (C=O) groups excluding carboxylic acids is 2. The van der Waals surface area contributed by atoms with Crippen molar-refractivity contribution >= 4 is 34.2 Å². The van der Waals surface area contributed by atoms with Crippen molar-refractivity contribution in [2.75, 3.05) is 17.2 Å². The number of hydrogen-bond acceptors (Lipinski definition) is 6. The van der Waals surface area contributed by atoms with Gasteiger partial charge in [-0.1, -0.05) is 6.07 Å². The highest BCUT2D eigenvalue weighted by atomic mass is 32.1. The summed E-state index contributed by atoms with van der Waals surface area (Å²) in [6.45, 7) is 2.18. The first-order valence-electron chi connectivity index (χ1n) is 8.32. The second-order valence-electron chi connectivity index (χ2n) is 5.85. The van der Waals surface area contributed by atoms with E-state index in [1.807, 2.05) is 6.07 Å². The maximum Gasteiger partial charge on any atom is 0.325 e. The molecule has 7 nitrogen and oxygen atoms in total. The zero-order valence-electron chi connectivity index (χ0n) is 14.2. The quantitative estimate of drug-likeness (QED) is 0.804. The predicted octanol–water partition coefficient (Wildman–Crippen LogP) is 3.33. The molecule has 1 atom stereocenters. The third kappa shape index (κ3) is 4.18. The number of hydrogen-bond donors (Lipinski definition) is 2. The van der Waals surface area contributed by atoms with E-state index in [0.29, 0.717) is 42.3 Å². The van der Waals surface area contributed by atoms with E-state index in [0.717, 1.165) is 10.6 Å². The Hall–Kier alpha value is -2.92. The second kappa shape index (κ2) is 7.97. The molecule has 3 rings (SSSR count). The van der Waals surface area contributed by atoms with Crippen LogP contribution in [0, 0.1) is 17.2 Å². The highest BCUT2D eigenvalue weighted by molar-refractivity contribution is 7.15. The van der Waals surface area contributed by atoms with E-state index in [1.165, 1.54) is 11.3 Å². The third-order valence-corrected chi connectivity index (χ3v) is 5.06. The van der Waals surface area contributed by atoms with Gasteiger partial charge < -0.3 is 10.1 Å². The summed E-state index contributed by atoms with van der Waals surface area (Å²) in [5, 5.41) is 14.8. The molecule has 0 radical (unpaired) electrons. The minimum atomic E-state index is -0.423. The smallest absolute Gasteiger partial charge is 0.325 e. The number of urea groups is 1. The van der Waals surface area contributed by atoms with Gasteiger partial charge in [0.15, 0.2) is 5.13 Å². The molecule has 134 valence electrons. The molecule has 0 spiro atoms. The first-order valence-corrected chi connectivity index (χ1v) is 9.14. The first-order chi connectivity index (χ1) is 12.6. The van der Waals surface area contributed by atoms with Gasteiger partial charge in [0.2, 0.25) is 0 Å². The Morgan fingerprint density at radius 1 is 1.42 bits per heavy atom. The van der Waals surface area contributed by atoms with Crippen LogP contribution in [-0.4, -0.2) is 23.6 Å². The third-order valence-electron chi connectivity index (χ3n) is 4.03. The number of amides is 2. The number of nitrogens with zero attached hydrogens (tertiary/aromatic N) is 2. The molecule has 1 aliphatic carbocycles. The molecule has 0 aliphatic heterocycles. The van der Waals surface area contributed by atoms with Gasteiger partial charge in [-0.05, 0) is 44.4 Å². The summed E-state index contributed by atoms with van der Waals surface area (Å²) < 4.78 is 5.10. The number of esters is 1. The summed E-state index contributed by atoms with van der Waals surface area (Å²) in [4.78, 5) is 29.5. The van der Waals surface area contributed by atoms with Gasteiger partial charge in [-0.2, -0.15) is 5.26 Å². The molecule has 1 unspecified atom stereocenters. The van der Waals surface area contributed by atoms with E-state index < -0.39 is 6.03 Å². The number of fused-ring (bicyclic) bond motifs is 1. The Morgan fingerprint density at radius 2 is 2.27 bits per heavy atom. The van der Waals surface area contributed by atoms with Crippen LogP contribution in [0.5, 0.6) is 0 Å². The number of benzene rings is 1. The van der Waals surface area contributed by atoms with E-state index in [1.54, 1.807) is 31.2 Å². The van der Waals surface area contributed by atoms with Crippen molar-refractivity contribution in [3.05, 3.63) is 40.4 Å². The molecule has 26 heavy (non-hydrogen) atoms. The maximum absolute atomic E-state index is 12.1. The molecule has 1 aliphatic rings. The van der Waals surface area contributed by atoms with Crippen molar-refractivity contribution in [2.45, 2.75) is 26.2 Å². The standard InChI is InChI=1S/C18H18N4O3S/c1-2-25-16(23)12-6-7-14-15(9-12)26-18(21-14)22-17(24)20-13-5-3-4-11(8-13)10-19/h3-5,8,12H,2,6-7,9H2,1H3,(H2,20,21,22,24).